The van der Waals surface area contributed by atoms with E-state index in [9.17, 15) is 9.59 Å². The summed E-state index contributed by atoms with van der Waals surface area (Å²) in [6.45, 7) is 8.10. The SMILES string of the molecule is CCNC(=O)NC(=O)C(C)Sc1nccn1-c1cc(C)cc(C)c1. The monoisotopic (exact) mass is 346 g/mol. The first kappa shape index (κ1) is 18.1. The van der Waals surface area contributed by atoms with Crippen molar-refractivity contribution in [1.29, 1.82) is 0 Å². The van der Waals surface area contributed by atoms with Gasteiger partial charge in [-0.2, -0.15) is 0 Å². The molecule has 1 atom stereocenters. The number of carbonyl (C=O) groups excluding carboxylic acids is 2. The first-order valence-electron chi connectivity index (χ1n) is 7.78. The van der Waals surface area contributed by atoms with Crippen LogP contribution in [-0.4, -0.2) is 33.3 Å². The van der Waals surface area contributed by atoms with Crippen molar-refractivity contribution < 1.29 is 9.59 Å². The Hall–Kier alpha value is -2.28. The van der Waals surface area contributed by atoms with Crippen LogP contribution in [0.3, 0.4) is 0 Å². The Morgan fingerprint density at radius 2 is 1.92 bits per heavy atom. The maximum absolute atomic E-state index is 12.1. The summed E-state index contributed by atoms with van der Waals surface area (Å²) in [5, 5.41) is 5.12. The number of thioether (sulfide) groups is 1. The second-order valence-electron chi connectivity index (χ2n) is 5.53. The molecule has 0 saturated carbocycles. The van der Waals surface area contributed by atoms with E-state index in [0.717, 1.165) is 16.8 Å². The van der Waals surface area contributed by atoms with Gasteiger partial charge in [-0.3, -0.25) is 14.7 Å². The Labute approximate surface area is 146 Å². The summed E-state index contributed by atoms with van der Waals surface area (Å²) in [5.41, 5.74) is 3.33. The lowest BCUT2D eigenvalue weighted by Crippen LogP contribution is -2.42. The van der Waals surface area contributed by atoms with Crippen molar-refractivity contribution in [2.24, 2.45) is 0 Å². The third-order valence-electron chi connectivity index (χ3n) is 3.32. The van der Waals surface area contributed by atoms with Crippen molar-refractivity contribution >= 4 is 23.7 Å². The van der Waals surface area contributed by atoms with E-state index in [2.05, 4.69) is 33.8 Å². The van der Waals surface area contributed by atoms with Crippen molar-refractivity contribution in [3.8, 4) is 5.69 Å². The standard InChI is InChI=1S/C17H22N4O2S/c1-5-18-16(23)20-15(22)13(4)24-17-19-6-7-21(17)14-9-11(2)8-12(3)10-14/h6-10,13H,5H2,1-4H3,(H2,18,20,22,23). The van der Waals surface area contributed by atoms with E-state index in [4.69, 9.17) is 0 Å². The highest BCUT2D eigenvalue weighted by atomic mass is 32.2. The molecular weight excluding hydrogens is 324 g/mol. The Balaban J connectivity index is 2.13. The van der Waals surface area contributed by atoms with Gasteiger partial charge in [-0.25, -0.2) is 9.78 Å². The number of carbonyl (C=O) groups is 2. The number of nitrogens with zero attached hydrogens (tertiary/aromatic N) is 2. The molecule has 1 heterocycles. The average Bonchev–Trinajstić information content (AvgIpc) is 2.94. The number of nitrogens with one attached hydrogen (secondary N) is 2. The molecule has 6 nitrogen and oxygen atoms in total. The molecule has 2 N–H and O–H groups in total. The number of rotatable bonds is 5. The molecular formula is C17H22N4O2S. The van der Waals surface area contributed by atoms with Gasteiger partial charge in [0.2, 0.25) is 5.91 Å². The van der Waals surface area contributed by atoms with Gasteiger partial charge in [0.15, 0.2) is 5.16 Å². The number of imidazole rings is 1. The van der Waals surface area contributed by atoms with Crippen molar-refractivity contribution in [1.82, 2.24) is 20.2 Å². The molecule has 0 aliphatic carbocycles. The lowest BCUT2D eigenvalue weighted by Gasteiger charge is -2.13. The number of hydrogen-bond donors (Lipinski definition) is 2. The molecule has 1 aromatic heterocycles. The molecule has 0 aliphatic heterocycles. The number of aromatic nitrogens is 2. The molecule has 2 rings (SSSR count). The molecule has 24 heavy (non-hydrogen) atoms. The van der Waals surface area contributed by atoms with Gasteiger partial charge >= 0.3 is 6.03 Å². The zero-order chi connectivity index (χ0) is 17.7. The van der Waals surface area contributed by atoms with E-state index >= 15 is 0 Å². The van der Waals surface area contributed by atoms with E-state index in [0.29, 0.717) is 11.7 Å². The van der Waals surface area contributed by atoms with E-state index in [1.165, 1.54) is 11.8 Å². The number of benzene rings is 1. The van der Waals surface area contributed by atoms with Gasteiger partial charge in [-0.05, 0) is 51.0 Å². The Kier molecular flexibility index (Phi) is 6.03. The fourth-order valence-electron chi connectivity index (χ4n) is 2.29. The van der Waals surface area contributed by atoms with Gasteiger partial charge in [0.1, 0.15) is 0 Å². The number of hydrogen-bond acceptors (Lipinski definition) is 4. The molecule has 0 fully saturated rings. The average molecular weight is 346 g/mol. The minimum Gasteiger partial charge on any atom is -0.338 e. The number of aryl methyl sites for hydroxylation is 2. The molecule has 3 amide bonds. The lowest BCUT2D eigenvalue weighted by molar-refractivity contribution is -0.119. The van der Waals surface area contributed by atoms with Crippen LogP contribution in [0.15, 0.2) is 35.7 Å². The summed E-state index contributed by atoms with van der Waals surface area (Å²) < 4.78 is 1.95. The topological polar surface area (TPSA) is 76.0 Å². The number of amides is 3. The van der Waals surface area contributed by atoms with Crippen LogP contribution in [0.2, 0.25) is 0 Å². The van der Waals surface area contributed by atoms with Crippen LogP contribution in [0.4, 0.5) is 4.79 Å². The molecule has 0 aliphatic rings. The zero-order valence-corrected chi connectivity index (χ0v) is 15.1. The summed E-state index contributed by atoms with van der Waals surface area (Å²) >= 11 is 1.31. The summed E-state index contributed by atoms with van der Waals surface area (Å²) in [5.74, 6) is -0.346. The summed E-state index contributed by atoms with van der Waals surface area (Å²) in [4.78, 5) is 27.9. The van der Waals surface area contributed by atoms with Gasteiger partial charge in [0.05, 0.1) is 5.25 Å². The van der Waals surface area contributed by atoms with Gasteiger partial charge in [0.25, 0.3) is 0 Å². The van der Waals surface area contributed by atoms with Crippen molar-refractivity contribution in [3.63, 3.8) is 0 Å². The van der Waals surface area contributed by atoms with E-state index in [-0.39, 0.29) is 5.91 Å². The predicted molar refractivity (Wildman–Crippen MR) is 95.6 cm³/mol. The zero-order valence-electron chi connectivity index (χ0n) is 14.3. The highest BCUT2D eigenvalue weighted by Crippen LogP contribution is 2.25. The van der Waals surface area contributed by atoms with Crippen molar-refractivity contribution in [2.45, 2.75) is 38.1 Å². The van der Waals surface area contributed by atoms with Crippen LogP contribution in [-0.2, 0) is 4.79 Å². The number of urea groups is 1. The first-order valence-corrected chi connectivity index (χ1v) is 8.66. The van der Waals surface area contributed by atoms with Gasteiger partial charge in [-0.15, -0.1) is 0 Å². The fraction of sp³-hybridized carbons (Fsp3) is 0.353. The van der Waals surface area contributed by atoms with Crippen molar-refractivity contribution in [2.75, 3.05) is 6.54 Å². The largest absolute Gasteiger partial charge is 0.338 e. The third kappa shape index (κ3) is 4.61. The highest BCUT2D eigenvalue weighted by Gasteiger charge is 2.19. The normalized spacial score (nSPS) is 11.8. The predicted octanol–water partition coefficient (Wildman–Crippen LogP) is 2.82. The molecule has 1 aromatic carbocycles. The maximum atomic E-state index is 12.1. The van der Waals surface area contributed by atoms with Gasteiger partial charge < -0.3 is 5.32 Å². The summed E-state index contributed by atoms with van der Waals surface area (Å²) in [6.07, 6.45) is 3.57. The van der Waals surface area contributed by atoms with E-state index < -0.39 is 11.3 Å². The van der Waals surface area contributed by atoms with E-state index in [1.807, 2.05) is 24.6 Å². The third-order valence-corrected chi connectivity index (χ3v) is 4.40. The Morgan fingerprint density at radius 1 is 1.25 bits per heavy atom. The second kappa shape index (κ2) is 8.01. The quantitative estimate of drug-likeness (QED) is 0.816. The molecule has 2 aromatic rings. The Bertz CT molecular complexity index is 722. The van der Waals surface area contributed by atoms with Crippen LogP contribution in [0.1, 0.15) is 25.0 Å². The Morgan fingerprint density at radius 3 is 2.54 bits per heavy atom. The lowest BCUT2D eigenvalue weighted by atomic mass is 10.1. The minimum absolute atomic E-state index is 0.346. The van der Waals surface area contributed by atoms with Gasteiger partial charge in [0, 0.05) is 24.6 Å². The van der Waals surface area contributed by atoms with E-state index in [1.54, 1.807) is 20.0 Å². The maximum Gasteiger partial charge on any atom is 0.321 e. The van der Waals surface area contributed by atoms with Crippen LogP contribution >= 0.6 is 11.8 Å². The first-order chi connectivity index (χ1) is 11.4. The van der Waals surface area contributed by atoms with Crippen LogP contribution in [0.5, 0.6) is 0 Å². The molecule has 0 bridgehead atoms. The van der Waals surface area contributed by atoms with Crippen LogP contribution < -0.4 is 10.6 Å². The molecule has 1 unspecified atom stereocenters. The molecule has 0 radical (unpaired) electrons. The fourth-order valence-corrected chi connectivity index (χ4v) is 3.18. The molecule has 128 valence electrons. The van der Waals surface area contributed by atoms with Crippen molar-refractivity contribution in [3.05, 3.63) is 41.7 Å². The molecule has 0 spiro atoms. The second-order valence-corrected chi connectivity index (χ2v) is 6.84. The van der Waals surface area contributed by atoms with Crippen LogP contribution in [0.25, 0.3) is 5.69 Å². The minimum atomic E-state index is -0.479. The summed E-state index contributed by atoms with van der Waals surface area (Å²) in [7, 11) is 0. The smallest absolute Gasteiger partial charge is 0.321 e. The van der Waals surface area contributed by atoms with Crippen LogP contribution in [0, 0.1) is 13.8 Å². The molecule has 0 saturated heterocycles. The van der Waals surface area contributed by atoms with Gasteiger partial charge in [-0.1, -0.05) is 17.8 Å². The highest BCUT2D eigenvalue weighted by molar-refractivity contribution is 8.00. The molecule has 7 heteroatoms. The number of imide groups is 1. The summed E-state index contributed by atoms with van der Waals surface area (Å²) in [6, 6.07) is 5.76.